The Bertz CT molecular complexity index is 462. The topological polar surface area (TPSA) is 110 Å². The van der Waals surface area contributed by atoms with Gasteiger partial charge in [0.1, 0.15) is 0 Å². The van der Waals surface area contributed by atoms with Crippen molar-refractivity contribution in [3.63, 3.8) is 0 Å². The minimum atomic E-state index is -0.434. The van der Waals surface area contributed by atoms with E-state index in [9.17, 15) is 14.9 Å². The number of nitrogens with one attached hydrogen (secondary N) is 2. The highest BCUT2D eigenvalue weighted by Crippen LogP contribution is 2.15. The van der Waals surface area contributed by atoms with Gasteiger partial charge in [0.2, 0.25) is 5.91 Å². The normalized spacial score (nSPS) is 11.7. The van der Waals surface area contributed by atoms with E-state index in [1.165, 1.54) is 12.1 Å². The molecule has 1 aromatic rings. The smallest absolute Gasteiger partial charge is 0.269 e. The van der Waals surface area contributed by atoms with Crippen LogP contribution in [0.2, 0.25) is 0 Å². The Morgan fingerprint density at radius 1 is 1.38 bits per heavy atom. The van der Waals surface area contributed by atoms with Gasteiger partial charge >= 0.3 is 0 Å². The fourth-order valence-corrected chi connectivity index (χ4v) is 1.64. The van der Waals surface area contributed by atoms with Crippen LogP contribution in [0.4, 0.5) is 11.4 Å². The van der Waals surface area contributed by atoms with Crippen molar-refractivity contribution in [2.45, 2.75) is 19.8 Å². The largest absolute Gasteiger partial charge is 0.385 e. The zero-order valence-corrected chi connectivity index (χ0v) is 12.2. The molecule has 0 aliphatic rings. The minimum Gasteiger partial charge on any atom is -0.385 e. The molecule has 116 valence electrons. The number of non-ortho nitro benzene ring substituents is 1. The van der Waals surface area contributed by atoms with E-state index in [0.717, 1.165) is 5.69 Å². The zero-order valence-electron chi connectivity index (χ0n) is 12.2. The monoisotopic (exact) mass is 294 g/mol. The number of hydrogen-bond donors (Lipinski definition) is 3. The molecule has 0 aromatic heterocycles. The summed E-state index contributed by atoms with van der Waals surface area (Å²) >= 11 is 0. The number of nitrogens with two attached hydrogens (primary N) is 1. The molecule has 21 heavy (non-hydrogen) atoms. The van der Waals surface area contributed by atoms with Crippen molar-refractivity contribution in [1.29, 1.82) is 0 Å². The first-order valence-corrected chi connectivity index (χ1v) is 6.98. The van der Waals surface area contributed by atoms with Crippen LogP contribution in [0.5, 0.6) is 0 Å². The predicted molar refractivity (Wildman–Crippen MR) is 82.0 cm³/mol. The van der Waals surface area contributed by atoms with Crippen LogP contribution in [0.25, 0.3) is 0 Å². The third kappa shape index (κ3) is 6.71. The SMILES string of the molecule is CC(CN)CNC(=O)CCCNc1ccc([N+](=O)[O-])cc1. The number of hydrogen-bond acceptors (Lipinski definition) is 5. The first-order valence-electron chi connectivity index (χ1n) is 6.98. The van der Waals surface area contributed by atoms with Crippen LogP contribution >= 0.6 is 0 Å². The van der Waals surface area contributed by atoms with E-state index in [1.54, 1.807) is 12.1 Å². The van der Waals surface area contributed by atoms with E-state index in [4.69, 9.17) is 5.73 Å². The van der Waals surface area contributed by atoms with Crippen LogP contribution < -0.4 is 16.4 Å². The second-order valence-corrected chi connectivity index (χ2v) is 4.98. The molecular weight excluding hydrogens is 272 g/mol. The molecule has 0 bridgehead atoms. The van der Waals surface area contributed by atoms with Crippen molar-refractivity contribution in [1.82, 2.24) is 5.32 Å². The van der Waals surface area contributed by atoms with Gasteiger partial charge in [-0.25, -0.2) is 0 Å². The lowest BCUT2D eigenvalue weighted by atomic mass is 10.2. The van der Waals surface area contributed by atoms with E-state index >= 15 is 0 Å². The standard InChI is InChI=1S/C14H22N4O3/c1-11(9-15)10-17-14(19)3-2-8-16-12-4-6-13(7-5-12)18(20)21/h4-7,11,16H,2-3,8-10,15H2,1H3,(H,17,19). The van der Waals surface area contributed by atoms with E-state index in [1.807, 2.05) is 6.92 Å². The van der Waals surface area contributed by atoms with Gasteiger partial charge < -0.3 is 16.4 Å². The molecule has 1 amide bonds. The molecule has 1 rings (SSSR count). The van der Waals surface area contributed by atoms with E-state index in [2.05, 4.69) is 10.6 Å². The summed E-state index contributed by atoms with van der Waals surface area (Å²) in [5.41, 5.74) is 6.34. The Hall–Kier alpha value is -2.15. The number of rotatable bonds is 9. The molecule has 1 unspecified atom stereocenters. The van der Waals surface area contributed by atoms with Gasteiger partial charge in [0.15, 0.2) is 0 Å². The Kier molecular flexibility index (Phi) is 7.17. The Labute approximate surface area is 124 Å². The number of carbonyl (C=O) groups is 1. The van der Waals surface area contributed by atoms with Gasteiger partial charge in [-0.05, 0) is 31.0 Å². The zero-order chi connectivity index (χ0) is 15.7. The van der Waals surface area contributed by atoms with Gasteiger partial charge in [0.05, 0.1) is 4.92 Å². The molecule has 0 saturated carbocycles. The first kappa shape index (κ1) is 16.9. The summed E-state index contributed by atoms with van der Waals surface area (Å²) in [4.78, 5) is 21.6. The van der Waals surface area contributed by atoms with E-state index in [-0.39, 0.29) is 17.5 Å². The molecule has 1 atom stereocenters. The molecule has 0 heterocycles. The summed E-state index contributed by atoms with van der Waals surface area (Å²) in [6.45, 7) is 3.78. The van der Waals surface area contributed by atoms with Crippen molar-refractivity contribution < 1.29 is 9.72 Å². The molecule has 1 aromatic carbocycles. The lowest BCUT2D eigenvalue weighted by molar-refractivity contribution is -0.384. The molecule has 4 N–H and O–H groups in total. The molecular formula is C14H22N4O3. The predicted octanol–water partition coefficient (Wildman–Crippen LogP) is 1.50. The Morgan fingerprint density at radius 3 is 2.62 bits per heavy atom. The maximum Gasteiger partial charge on any atom is 0.269 e. The third-order valence-electron chi connectivity index (χ3n) is 3.04. The van der Waals surface area contributed by atoms with E-state index < -0.39 is 4.92 Å². The van der Waals surface area contributed by atoms with Gasteiger partial charge in [0.25, 0.3) is 5.69 Å². The number of nitrogens with zero attached hydrogens (tertiary/aromatic N) is 1. The van der Waals surface area contributed by atoms with Gasteiger partial charge in [-0.2, -0.15) is 0 Å². The van der Waals surface area contributed by atoms with Crippen LogP contribution in [0, 0.1) is 16.0 Å². The number of benzene rings is 1. The van der Waals surface area contributed by atoms with Crippen LogP contribution in [-0.4, -0.2) is 30.5 Å². The molecule has 0 aliphatic heterocycles. The van der Waals surface area contributed by atoms with Crippen LogP contribution in [0.1, 0.15) is 19.8 Å². The van der Waals surface area contributed by atoms with Gasteiger partial charge in [-0.3, -0.25) is 14.9 Å². The molecule has 0 spiro atoms. The lowest BCUT2D eigenvalue weighted by Crippen LogP contribution is -2.31. The second-order valence-electron chi connectivity index (χ2n) is 4.98. The van der Waals surface area contributed by atoms with Gasteiger partial charge in [-0.15, -0.1) is 0 Å². The fourth-order valence-electron chi connectivity index (χ4n) is 1.64. The number of carbonyl (C=O) groups excluding carboxylic acids is 1. The summed E-state index contributed by atoms with van der Waals surface area (Å²) < 4.78 is 0. The highest BCUT2D eigenvalue weighted by Gasteiger charge is 2.05. The number of anilines is 1. The highest BCUT2D eigenvalue weighted by molar-refractivity contribution is 5.75. The molecule has 7 nitrogen and oxygen atoms in total. The van der Waals surface area contributed by atoms with Crippen LogP contribution in [-0.2, 0) is 4.79 Å². The number of nitro benzene ring substituents is 1. The maximum absolute atomic E-state index is 11.5. The molecule has 0 aliphatic carbocycles. The van der Waals surface area contributed by atoms with Crippen molar-refractivity contribution in [3.8, 4) is 0 Å². The van der Waals surface area contributed by atoms with Gasteiger partial charge in [-0.1, -0.05) is 6.92 Å². The third-order valence-corrected chi connectivity index (χ3v) is 3.04. The second kappa shape index (κ2) is 8.91. The van der Waals surface area contributed by atoms with Crippen molar-refractivity contribution in [2.24, 2.45) is 11.7 Å². The van der Waals surface area contributed by atoms with Crippen LogP contribution in [0.15, 0.2) is 24.3 Å². The van der Waals surface area contributed by atoms with Gasteiger partial charge in [0, 0.05) is 37.3 Å². The number of nitro groups is 1. The van der Waals surface area contributed by atoms with Crippen molar-refractivity contribution in [2.75, 3.05) is 25.0 Å². The average molecular weight is 294 g/mol. The maximum atomic E-state index is 11.5. The average Bonchev–Trinajstić information content (AvgIpc) is 2.49. The highest BCUT2D eigenvalue weighted by atomic mass is 16.6. The number of amides is 1. The molecule has 0 radical (unpaired) electrons. The summed E-state index contributed by atoms with van der Waals surface area (Å²) in [6, 6.07) is 6.20. The Morgan fingerprint density at radius 2 is 2.05 bits per heavy atom. The summed E-state index contributed by atoms with van der Waals surface area (Å²) in [7, 11) is 0. The molecule has 0 saturated heterocycles. The summed E-state index contributed by atoms with van der Waals surface area (Å²) in [5.74, 6) is 0.299. The summed E-state index contributed by atoms with van der Waals surface area (Å²) in [6.07, 6.45) is 1.14. The van der Waals surface area contributed by atoms with E-state index in [0.29, 0.717) is 32.5 Å². The Balaban J connectivity index is 2.19. The van der Waals surface area contributed by atoms with Crippen molar-refractivity contribution >= 4 is 17.3 Å². The molecule has 7 heteroatoms. The van der Waals surface area contributed by atoms with Crippen LogP contribution in [0.3, 0.4) is 0 Å². The fraction of sp³-hybridized carbons (Fsp3) is 0.500. The summed E-state index contributed by atoms with van der Waals surface area (Å²) in [5, 5.41) is 16.5. The van der Waals surface area contributed by atoms with Crippen molar-refractivity contribution in [3.05, 3.63) is 34.4 Å². The quantitative estimate of drug-likeness (QED) is 0.363. The lowest BCUT2D eigenvalue weighted by Gasteiger charge is -2.10. The molecule has 0 fully saturated rings. The minimum absolute atomic E-state index is 0.0146. The first-order chi connectivity index (χ1) is 10.0.